The monoisotopic (exact) mass is 372 g/mol. The van der Waals surface area contributed by atoms with Crippen molar-refractivity contribution in [3.05, 3.63) is 35.7 Å². The van der Waals surface area contributed by atoms with Crippen molar-refractivity contribution in [2.24, 2.45) is 5.10 Å². The van der Waals surface area contributed by atoms with Crippen molar-refractivity contribution in [3.8, 4) is 5.75 Å². The Morgan fingerprint density at radius 1 is 1.12 bits per heavy atom. The zero-order valence-corrected chi connectivity index (χ0v) is 16.0. The molecule has 2 aromatic rings. The second-order valence-electron chi connectivity index (χ2n) is 5.67. The number of benzene rings is 1. The smallest absolute Gasteiger partial charge is 0.248 e. The standard InChI is InChI=1S/C18H20N4O3S/c1-5-14(23)21-11(3)19-16-18(21)26-17(20-22(16)15(24)6-2)12-7-9-13(25-4)10-8-12/h7-10H,5-6H2,1-4H3. The minimum Gasteiger partial charge on any atom is -0.497 e. The first kappa shape index (κ1) is 18.2. The van der Waals surface area contributed by atoms with Crippen molar-refractivity contribution in [2.75, 3.05) is 12.1 Å². The van der Waals surface area contributed by atoms with Gasteiger partial charge in [-0.15, -0.1) is 0 Å². The van der Waals surface area contributed by atoms with Crippen molar-refractivity contribution in [3.63, 3.8) is 0 Å². The van der Waals surface area contributed by atoms with Gasteiger partial charge in [-0.05, 0) is 43.0 Å². The number of hydrazone groups is 1. The Kier molecular flexibility index (Phi) is 5.13. The summed E-state index contributed by atoms with van der Waals surface area (Å²) in [5.74, 6) is 1.46. The Morgan fingerprint density at radius 2 is 1.77 bits per heavy atom. The Hall–Kier alpha value is -2.61. The SMILES string of the molecule is CCC(=O)N1N=C(c2ccc(OC)cc2)Sc2c1nc(C)n2C(=O)CC. The number of nitrogens with zero attached hydrogens (tertiary/aromatic N) is 4. The third-order valence-electron chi connectivity index (χ3n) is 4.00. The summed E-state index contributed by atoms with van der Waals surface area (Å²) in [5.41, 5.74) is 0.838. The maximum absolute atomic E-state index is 12.4. The van der Waals surface area contributed by atoms with Gasteiger partial charge >= 0.3 is 0 Å². The van der Waals surface area contributed by atoms with Gasteiger partial charge in [-0.25, -0.2) is 4.98 Å². The third-order valence-corrected chi connectivity index (χ3v) is 5.07. The van der Waals surface area contributed by atoms with Gasteiger partial charge in [0.05, 0.1) is 7.11 Å². The average Bonchev–Trinajstić information content (AvgIpc) is 3.01. The molecular formula is C18H20N4O3S. The molecule has 0 atom stereocenters. The van der Waals surface area contributed by atoms with Crippen LogP contribution in [0.5, 0.6) is 5.75 Å². The summed E-state index contributed by atoms with van der Waals surface area (Å²) in [6, 6.07) is 7.41. The molecule has 0 spiro atoms. The molecule has 0 saturated heterocycles. The largest absolute Gasteiger partial charge is 0.497 e. The zero-order chi connectivity index (χ0) is 18.8. The Balaban J connectivity index is 2.11. The fraction of sp³-hybridized carbons (Fsp3) is 0.333. The Labute approximate surface area is 156 Å². The van der Waals surface area contributed by atoms with E-state index >= 15 is 0 Å². The van der Waals surface area contributed by atoms with Gasteiger partial charge < -0.3 is 4.74 Å². The topological polar surface area (TPSA) is 76.8 Å². The number of hydrogen-bond donors (Lipinski definition) is 0. The number of carbonyl (C=O) groups is 2. The molecule has 1 aromatic carbocycles. The van der Waals surface area contributed by atoms with Crippen molar-refractivity contribution >= 4 is 34.4 Å². The van der Waals surface area contributed by atoms with Crippen LogP contribution in [0.2, 0.25) is 0 Å². The van der Waals surface area contributed by atoms with Crippen molar-refractivity contribution in [1.29, 1.82) is 0 Å². The van der Waals surface area contributed by atoms with E-state index in [-0.39, 0.29) is 18.2 Å². The minimum absolute atomic E-state index is 0.0661. The number of anilines is 1. The predicted molar refractivity (Wildman–Crippen MR) is 101 cm³/mol. The van der Waals surface area contributed by atoms with Crippen molar-refractivity contribution in [2.45, 2.75) is 38.6 Å². The number of methoxy groups -OCH3 is 1. The second-order valence-corrected chi connectivity index (χ2v) is 6.64. The van der Waals surface area contributed by atoms with Crippen LogP contribution in [0.4, 0.5) is 5.82 Å². The van der Waals surface area contributed by atoms with Gasteiger partial charge in [-0.2, -0.15) is 10.1 Å². The van der Waals surface area contributed by atoms with Gasteiger partial charge in [-0.1, -0.05) is 13.8 Å². The van der Waals surface area contributed by atoms with E-state index in [9.17, 15) is 9.59 Å². The van der Waals surface area contributed by atoms with Crippen LogP contribution in [0.3, 0.4) is 0 Å². The molecule has 0 radical (unpaired) electrons. The summed E-state index contributed by atoms with van der Waals surface area (Å²) in [7, 11) is 1.60. The number of hydrogen-bond acceptors (Lipinski definition) is 6. The van der Waals surface area contributed by atoms with Crippen LogP contribution in [-0.2, 0) is 4.79 Å². The van der Waals surface area contributed by atoms with Gasteiger partial charge in [0, 0.05) is 18.4 Å². The van der Waals surface area contributed by atoms with E-state index in [0.717, 1.165) is 11.3 Å². The van der Waals surface area contributed by atoms with Gasteiger partial charge in [0.15, 0.2) is 5.82 Å². The number of fused-ring (bicyclic) bond motifs is 1. The van der Waals surface area contributed by atoms with Crippen LogP contribution >= 0.6 is 11.8 Å². The number of thioether (sulfide) groups is 1. The highest BCUT2D eigenvalue weighted by Gasteiger charge is 2.32. The molecule has 136 valence electrons. The summed E-state index contributed by atoms with van der Waals surface area (Å²) >= 11 is 1.34. The third kappa shape index (κ3) is 3.12. The van der Waals surface area contributed by atoms with Crippen molar-refractivity contribution < 1.29 is 14.3 Å². The second kappa shape index (κ2) is 7.33. The molecule has 8 heteroatoms. The molecule has 0 saturated carbocycles. The first-order valence-corrected chi connectivity index (χ1v) is 9.18. The summed E-state index contributed by atoms with van der Waals surface area (Å²) in [5, 5.41) is 7.05. The van der Waals surface area contributed by atoms with E-state index in [0.29, 0.717) is 28.1 Å². The van der Waals surface area contributed by atoms with E-state index in [1.165, 1.54) is 16.8 Å². The Bertz CT molecular complexity index is 887. The highest BCUT2D eigenvalue weighted by Crippen LogP contribution is 2.38. The van der Waals surface area contributed by atoms with Crippen LogP contribution in [-0.4, -0.2) is 33.5 Å². The number of ether oxygens (including phenoxy) is 1. The maximum Gasteiger partial charge on any atom is 0.248 e. The predicted octanol–water partition coefficient (Wildman–Crippen LogP) is 3.46. The highest BCUT2D eigenvalue weighted by molar-refractivity contribution is 8.14. The molecule has 1 amide bonds. The minimum atomic E-state index is -0.175. The fourth-order valence-electron chi connectivity index (χ4n) is 2.60. The van der Waals surface area contributed by atoms with Crippen LogP contribution in [0.1, 0.15) is 42.9 Å². The van der Waals surface area contributed by atoms with Gasteiger partial charge in [0.25, 0.3) is 0 Å². The molecule has 0 aliphatic carbocycles. The van der Waals surface area contributed by atoms with Crippen LogP contribution in [0.25, 0.3) is 0 Å². The lowest BCUT2D eigenvalue weighted by molar-refractivity contribution is -0.118. The Morgan fingerprint density at radius 3 is 2.35 bits per heavy atom. The van der Waals surface area contributed by atoms with Gasteiger partial charge in [0.2, 0.25) is 11.8 Å². The van der Waals surface area contributed by atoms with Crippen LogP contribution in [0, 0.1) is 6.92 Å². The number of amides is 1. The lowest BCUT2D eigenvalue weighted by Crippen LogP contribution is -2.29. The summed E-state index contributed by atoms with van der Waals surface area (Å²) in [6.45, 7) is 5.33. The summed E-state index contributed by atoms with van der Waals surface area (Å²) < 4.78 is 6.75. The summed E-state index contributed by atoms with van der Waals surface area (Å²) in [6.07, 6.45) is 0.637. The van der Waals surface area contributed by atoms with Crippen molar-refractivity contribution in [1.82, 2.24) is 9.55 Å². The molecule has 0 unspecified atom stereocenters. The van der Waals surface area contributed by atoms with Crippen LogP contribution < -0.4 is 9.75 Å². The van der Waals surface area contributed by atoms with Gasteiger partial charge in [0.1, 0.15) is 21.6 Å². The zero-order valence-electron chi connectivity index (χ0n) is 15.1. The molecule has 1 aromatic heterocycles. The number of aryl methyl sites for hydroxylation is 1. The molecule has 0 N–H and O–H groups in total. The summed E-state index contributed by atoms with van der Waals surface area (Å²) in [4.78, 5) is 29.2. The maximum atomic E-state index is 12.4. The van der Waals surface area contributed by atoms with E-state index in [1.54, 1.807) is 32.4 Å². The number of carbonyl (C=O) groups excluding carboxylic acids is 2. The first-order chi connectivity index (χ1) is 12.5. The molecule has 1 aliphatic heterocycles. The van der Waals surface area contributed by atoms with E-state index in [1.807, 2.05) is 24.3 Å². The van der Waals surface area contributed by atoms with Crippen LogP contribution in [0.15, 0.2) is 34.4 Å². The quantitative estimate of drug-likeness (QED) is 0.821. The first-order valence-electron chi connectivity index (χ1n) is 8.36. The number of aromatic nitrogens is 2. The van der Waals surface area contributed by atoms with E-state index in [4.69, 9.17) is 4.74 Å². The molecule has 26 heavy (non-hydrogen) atoms. The molecule has 1 aliphatic rings. The van der Waals surface area contributed by atoms with Gasteiger partial charge in [-0.3, -0.25) is 14.2 Å². The molecule has 7 nitrogen and oxygen atoms in total. The normalized spacial score (nSPS) is 13.2. The molecular weight excluding hydrogens is 352 g/mol. The molecule has 3 rings (SSSR count). The highest BCUT2D eigenvalue weighted by atomic mass is 32.2. The average molecular weight is 372 g/mol. The number of imidazole rings is 1. The molecule has 0 bridgehead atoms. The molecule has 0 fully saturated rings. The fourth-order valence-corrected chi connectivity index (χ4v) is 3.71. The van der Waals surface area contributed by atoms with E-state index in [2.05, 4.69) is 10.1 Å². The number of rotatable bonds is 4. The van der Waals surface area contributed by atoms with E-state index < -0.39 is 0 Å². The molecule has 2 heterocycles. The lowest BCUT2D eigenvalue weighted by Gasteiger charge is -2.22. The lowest BCUT2D eigenvalue weighted by atomic mass is 10.2.